The number of guanidine groups is 1. The summed E-state index contributed by atoms with van der Waals surface area (Å²) in [6.45, 7) is 3.78. The highest BCUT2D eigenvalue weighted by molar-refractivity contribution is 5.79. The van der Waals surface area contributed by atoms with Gasteiger partial charge < -0.3 is 15.2 Å². The maximum absolute atomic E-state index is 13.3. The maximum atomic E-state index is 13.3. The first-order chi connectivity index (χ1) is 14.9. The van der Waals surface area contributed by atoms with Gasteiger partial charge in [0.25, 0.3) is 0 Å². The molecule has 0 saturated carbocycles. The van der Waals surface area contributed by atoms with Crippen LogP contribution in [0.3, 0.4) is 0 Å². The molecule has 0 spiro atoms. The molecule has 0 radical (unpaired) electrons. The van der Waals surface area contributed by atoms with Gasteiger partial charge in [0.05, 0.1) is 12.1 Å². The number of benzene rings is 1. The molecular formula is C21H28F4N6. The molecular weight excluding hydrogens is 412 g/mol. The van der Waals surface area contributed by atoms with Crippen molar-refractivity contribution in [1.29, 1.82) is 0 Å². The van der Waals surface area contributed by atoms with Crippen LogP contribution in [-0.4, -0.2) is 33.8 Å². The largest absolute Gasteiger partial charge is 0.416 e. The molecule has 2 heterocycles. The third-order valence-corrected chi connectivity index (χ3v) is 5.18. The van der Waals surface area contributed by atoms with E-state index in [0.29, 0.717) is 25.1 Å². The third kappa shape index (κ3) is 6.41. The number of nitrogens with one attached hydrogen (secondary N) is 2. The number of hydrogen-bond donors (Lipinski definition) is 2. The summed E-state index contributed by atoms with van der Waals surface area (Å²) in [6, 6.07) is 2.65. The molecule has 170 valence electrons. The van der Waals surface area contributed by atoms with Crippen molar-refractivity contribution < 1.29 is 17.6 Å². The molecule has 0 bridgehead atoms. The van der Waals surface area contributed by atoms with E-state index in [1.165, 1.54) is 6.42 Å². The quantitative estimate of drug-likeness (QED) is 0.297. The van der Waals surface area contributed by atoms with Gasteiger partial charge in [-0.2, -0.15) is 13.2 Å². The number of alkyl halides is 3. The summed E-state index contributed by atoms with van der Waals surface area (Å²) in [7, 11) is 0. The Morgan fingerprint density at radius 3 is 2.77 bits per heavy atom. The van der Waals surface area contributed by atoms with E-state index in [0.717, 1.165) is 62.4 Å². The number of halogens is 4. The predicted molar refractivity (Wildman–Crippen MR) is 110 cm³/mol. The second-order valence-electron chi connectivity index (χ2n) is 7.52. The van der Waals surface area contributed by atoms with E-state index in [-0.39, 0.29) is 12.1 Å². The fraction of sp³-hybridized carbons (Fsp3) is 0.571. The predicted octanol–water partition coefficient (Wildman–Crippen LogP) is 3.85. The van der Waals surface area contributed by atoms with Crippen molar-refractivity contribution in [3.05, 3.63) is 46.8 Å². The van der Waals surface area contributed by atoms with E-state index < -0.39 is 17.6 Å². The Morgan fingerprint density at radius 1 is 1.16 bits per heavy atom. The van der Waals surface area contributed by atoms with Gasteiger partial charge in [-0.05, 0) is 43.9 Å². The first-order valence-corrected chi connectivity index (χ1v) is 10.7. The maximum Gasteiger partial charge on any atom is 0.416 e. The van der Waals surface area contributed by atoms with Crippen molar-refractivity contribution >= 4 is 5.96 Å². The summed E-state index contributed by atoms with van der Waals surface area (Å²) in [6.07, 6.45) is 1.36. The van der Waals surface area contributed by atoms with E-state index in [4.69, 9.17) is 0 Å². The van der Waals surface area contributed by atoms with Crippen LogP contribution in [0.1, 0.15) is 55.4 Å². The first kappa shape index (κ1) is 23.0. The molecule has 31 heavy (non-hydrogen) atoms. The van der Waals surface area contributed by atoms with Crippen LogP contribution in [0.4, 0.5) is 17.6 Å². The molecule has 1 aromatic heterocycles. The number of nitrogens with zero attached hydrogens (tertiary/aromatic N) is 4. The van der Waals surface area contributed by atoms with Crippen LogP contribution in [0.5, 0.6) is 0 Å². The molecule has 1 aliphatic rings. The Morgan fingerprint density at radius 2 is 2.00 bits per heavy atom. The van der Waals surface area contributed by atoms with Crippen molar-refractivity contribution in [1.82, 2.24) is 25.4 Å². The highest BCUT2D eigenvalue weighted by Crippen LogP contribution is 2.32. The monoisotopic (exact) mass is 440 g/mol. The molecule has 0 saturated heterocycles. The molecule has 0 unspecified atom stereocenters. The number of rotatable bonds is 7. The van der Waals surface area contributed by atoms with E-state index in [1.54, 1.807) is 0 Å². The first-order valence-electron chi connectivity index (χ1n) is 10.7. The topological polar surface area (TPSA) is 67.1 Å². The van der Waals surface area contributed by atoms with Crippen molar-refractivity contribution in [2.24, 2.45) is 4.99 Å². The average molecular weight is 440 g/mol. The van der Waals surface area contributed by atoms with Gasteiger partial charge in [-0.1, -0.05) is 12.5 Å². The number of hydrogen-bond acceptors (Lipinski definition) is 3. The summed E-state index contributed by atoms with van der Waals surface area (Å²) in [5.74, 6) is 1.52. The van der Waals surface area contributed by atoms with Crippen molar-refractivity contribution in [3.8, 4) is 0 Å². The third-order valence-electron chi connectivity index (χ3n) is 5.18. The minimum absolute atomic E-state index is 0.0720. The fourth-order valence-corrected chi connectivity index (χ4v) is 3.64. The van der Waals surface area contributed by atoms with Crippen molar-refractivity contribution in [2.75, 3.05) is 13.1 Å². The van der Waals surface area contributed by atoms with Crippen LogP contribution < -0.4 is 10.6 Å². The number of aromatic nitrogens is 3. The van der Waals surface area contributed by atoms with Crippen molar-refractivity contribution in [2.45, 2.75) is 64.7 Å². The lowest BCUT2D eigenvalue weighted by molar-refractivity contribution is -0.138. The zero-order chi connectivity index (χ0) is 22.3. The van der Waals surface area contributed by atoms with Gasteiger partial charge in [0.2, 0.25) is 0 Å². The minimum Gasteiger partial charge on any atom is -0.357 e. The van der Waals surface area contributed by atoms with Gasteiger partial charge in [0.15, 0.2) is 5.96 Å². The lowest BCUT2D eigenvalue weighted by Gasteiger charge is -2.14. The Kier molecular flexibility index (Phi) is 7.86. The van der Waals surface area contributed by atoms with Crippen LogP contribution in [0.25, 0.3) is 0 Å². The Hall–Kier alpha value is -2.65. The van der Waals surface area contributed by atoms with Crippen molar-refractivity contribution in [3.63, 3.8) is 0 Å². The highest BCUT2D eigenvalue weighted by Gasteiger charge is 2.33. The van der Waals surface area contributed by atoms with Gasteiger partial charge in [-0.15, -0.1) is 10.2 Å². The molecule has 0 atom stereocenters. The Balaban J connectivity index is 1.57. The lowest BCUT2D eigenvalue weighted by atomic mass is 10.1. The van der Waals surface area contributed by atoms with E-state index in [9.17, 15) is 17.6 Å². The average Bonchev–Trinajstić information content (AvgIpc) is 2.95. The minimum atomic E-state index is -4.63. The summed E-state index contributed by atoms with van der Waals surface area (Å²) in [5, 5.41) is 14.8. The molecule has 3 rings (SSSR count). The molecule has 2 aromatic rings. The molecule has 0 amide bonds. The number of aryl methyl sites for hydroxylation is 2. The SMILES string of the molecule is CCNC(=NCc1ccc(F)cc1C(F)(F)F)NCCCc1nnc2n1CCCCC2. The van der Waals surface area contributed by atoms with E-state index >= 15 is 0 Å². The van der Waals surface area contributed by atoms with Gasteiger partial charge in [0, 0.05) is 32.5 Å². The van der Waals surface area contributed by atoms with Gasteiger partial charge in [-0.25, -0.2) is 9.38 Å². The van der Waals surface area contributed by atoms with Crippen LogP contribution in [-0.2, 0) is 32.1 Å². The zero-order valence-corrected chi connectivity index (χ0v) is 17.6. The van der Waals surface area contributed by atoms with E-state index in [1.807, 2.05) is 6.92 Å². The van der Waals surface area contributed by atoms with Crippen LogP contribution in [0.2, 0.25) is 0 Å². The lowest BCUT2D eigenvalue weighted by Crippen LogP contribution is -2.38. The molecule has 2 N–H and O–H groups in total. The fourth-order valence-electron chi connectivity index (χ4n) is 3.64. The molecule has 0 aliphatic carbocycles. The number of fused-ring (bicyclic) bond motifs is 1. The molecule has 1 aliphatic heterocycles. The summed E-state index contributed by atoms with van der Waals surface area (Å²) in [5.41, 5.74) is -1.07. The van der Waals surface area contributed by atoms with Crippen LogP contribution in [0, 0.1) is 5.82 Å². The summed E-state index contributed by atoms with van der Waals surface area (Å²) < 4.78 is 55.0. The normalized spacial score (nSPS) is 14.8. The van der Waals surface area contributed by atoms with Gasteiger partial charge in [-0.3, -0.25) is 0 Å². The highest BCUT2D eigenvalue weighted by atomic mass is 19.4. The summed E-state index contributed by atoms with van der Waals surface area (Å²) in [4.78, 5) is 4.24. The van der Waals surface area contributed by atoms with Crippen LogP contribution in [0.15, 0.2) is 23.2 Å². The summed E-state index contributed by atoms with van der Waals surface area (Å²) >= 11 is 0. The van der Waals surface area contributed by atoms with Crippen LogP contribution >= 0.6 is 0 Å². The van der Waals surface area contributed by atoms with E-state index in [2.05, 4.69) is 30.4 Å². The molecule has 0 fully saturated rings. The van der Waals surface area contributed by atoms with Gasteiger partial charge in [0.1, 0.15) is 17.5 Å². The molecule has 10 heteroatoms. The molecule has 6 nitrogen and oxygen atoms in total. The number of aliphatic imine (C=N–C) groups is 1. The standard InChI is InChI=1S/C21H28F4N6/c1-2-26-20(28-14-15-9-10-16(22)13-17(15)21(23,24)25)27-11-6-8-19-30-29-18-7-4-3-5-12-31(18)19/h9-10,13H,2-8,11-12,14H2,1H3,(H2,26,27,28). The van der Waals surface area contributed by atoms with Gasteiger partial charge >= 0.3 is 6.18 Å². The second kappa shape index (κ2) is 10.6. The smallest absolute Gasteiger partial charge is 0.357 e. The molecule has 1 aromatic carbocycles. The zero-order valence-electron chi connectivity index (χ0n) is 17.6. The Labute approximate surface area is 179 Å². The second-order valence-corrected chi connectivity index (χ2v) is 7.52. The Bertz CT molecular complexity index is 890.